The Labute approximate surface area is 98.9 Å². The Bertz CT molecular complexity index is 335. The molecule has 0 aromatic heterocycles. The van der Waals surface area contributed by atoms with Crippen LogP contribution in [-0.2, 0) is 9.84 Å². The molecule has 0 radical (unpaired) electrons. The van der Waals surface area contributed by atoms with E-state index in [0.29, 0.717) is 6.04 Å². The van der Waals surface area contributed by atoms with Gasteiger partial charge in [-0.15, -0.1) is 0 Å². The highest BCUT2D eigenvalue weighted by Crippen LogP contribution is 2.34. The lowest BCUT2D eigenvalue weighted by Crippen LogP contribution is -2.44. The van der Waals surface area contributed by atoms with Crippen LogP contribution in [0.3, 0.4) is 0 Å². The summed E-state index contributed by atoms with van der Waals surface area (Å²) in [6, 6.07) is 0.670. The zero-order valence-electron chi connectivity index (χ0n) is 10.3. The molecule has 2 aliphatic rings. The fourth-order valence-corrected chi connectivity index (χ4v) is 4.32. The van der Waals surface area contributed by atoms with Crippen LogP contribution in [0.25, 0.3) is 0 Å². The lowest BCUT2D eigenvalue weighted by atomic mass is 10.1. The van der Waals surface area contributed by atoms with Crippen molar-refractivity contribution in [1.82, 2.24) is 5.32 Å². The Morgan fingerprint density at radius 3 is 2.50 bits per heavy atom. The van der Waals surface area contributed by atoms with Crippen LogP contribution in [0.2, 0.25) is 0 Å². The second-order valence-electron chi connectivity index (χ2n) is 5.65. The summed E-state index contributed by atoms with van der Waals surface area (Å²) < 4.78 is 23.2. The lowest BCUT2D eigenvalue weighted by Gasteiger charge is -2.24. The molecule has 0 aromatic carbocycles. The Balaban J connectivity index is 1.87. The van der Waals surface area contributed by atoms with Gasteiger partial charge >= 0.3 is 0 Å². The van der Waals surface area contributed by atoms with Gasteiger partial charge in [-0.25, -0.2) is 8.42 Å². The van der Waals surface area contributed by atoms with Crippen LogP contribution in [0, 0.1) is 5.92 Å². The van der Waals surface area contributed by atoms with Gasteiger partial charge in [0.05, 0.1) is 5.25 Å². The summed E-state index contributed by atoms with van der Waals surface area (Å²) in [5, 5.41) is 3.38. The minimum Gasteiger partial charge on any atom is -0.310 e. The molecule has 2 rings (SSSR count). The number of hydrogen-bond acceptors (Lipinski definition) is 3. The Hall–Kier alpha value is -0.0900. The predicted octanol–water partition coefficient (Wildman–Crippen LogP) is 1.73. The summed E-state index contributed by atoms with van der Waals surface area (Å²) in [4.78, 5) is 0. The maximum atomic E-state index is 11.6. The Kier molecular flexibility index (Phi) is 3.59. The van der Waals surface area contributed by atoms with Crippen LogP contribution in [0.15, 0.2) is 0 Å². The van der Waals surface area contributed by atoms with Gasteiger partial charge in [0.2, 0.25) is 0 Å². The van der Waals surface area contributed by atoms with E-state index in [0.717, 1.165) is 25.2 Å². The summed E-state index contributed by atoms with van der Waals surface area (Å²) in [7, 11) is -2.87. The third-order valence-corrected chi connectivity index (χ3v) is 5.55. The molecule has 3 atom stereocenters. The standard InChI is InChI=1S/C12H23NO2S/c1-9(8-10-6-7-10)13-11-4-3-5-12(11)16(2,14)15/h9-13H,3-8H2,1-2H3. The summed E-state index contributed by atoms with van der Waals surface area (Å²) in [6.07, 6.45) is 8.24. The van der Waals surface area contributed by atoms with Crippen molar-refractivity contribution in [1.29, 1.82) is 0 Å². The summed E-state index contributed by atoms with van der Waals surface area (Å²) in [5.74, 6) is 0.903. The molecule has 4 heteroatoms. The third-order valence-electron chi connectivity index (χ3n) is 3.88. The van der Waals surface area contributed by atoms with Crippen LogP contribution < -0.4 is 5.32 Å². The topological polar surface area (TPSA) is 46.2 Å². The van der Waals surface area contributed by atoms with Crippen molar-refractivity contribution in [3.8, 4) is 0 Å². The molecule has 0 aliphatic heterocycles. The fraction of sp³-hybridized carbons (Fsp3) is 1.00. The monoisotopic (exact) mass is 245 g/mol. The van der Waals surface area contributed by atoms with E-state index in [1.165, 1.54) is 25.5 Å². The average Bonchev–Trinajstić information content (AvgIpc) is 2.80. The predicted molar refractivity (Wildman–Crippen MR) is 66.2 cm³/mol. The van der Waals surface area contributed by atoms with E-state index in [1.807, 2.05) is 0 Å². The van der Waals surface area contributed by atoms with Crippen LogP contribution in [-0.4, -0.2) is 32.0 Å². The third kappa shape index (κ3) is 3.20. The van der Waals surface area contributed by atoms with Crippen LogP contribution in [0.4, 0.5) is 0 Å². The summed E-state index contributed by atoms with van der Waals surface area (Å²) in [6.45, 7) is 2.19. The first-order valence-electron chi connectivity index (χ1n) is 6.41. The molecule has 0 bridgehead atoms. The SMILES string of the molecule is CC(CC1CC1)NC1CCCC1S(C)(=O)=O. The van der Waals surface area contributed by atoms with Gasteiger partial charge in [0.1, 0.15) is 0 Å². The van der Waals surface area contributed by atoms with Gasteiger partial charge in [0, 0.05) is 18.3 Å². The van der Waals surface area contributed by atoms with Crippen molar-refractivity contribution >= 4 is 9.84 Å². The van der Waals surface area contributed by atoms with E-state index in [1.54, 1.807) is 0 Å². The molecule has 0 spiro atoms. The minimum atomic E-state index is -2.87. The van der Waals surface area contributed by atoms with E-state index in [4.69, 9.17) is 0 Å². The highest BCUT2D eigenvalue weighted by atomic mass is 32.2. The molecular weight excluding hydrogens is 222 g/mol. The normalized spacial score (nSPS) is 32.9. The largest absolute Gasteiger partial charge is 0.310 e. The number of rotatable bonds is 5. The lowest BCUT2D eigenvalue weighted by molar-refractivity contribution is 0.415. The quantitative estimate of drug-likeness (QED) is 0.802. The van der Waals surface area contributed by atoms with Crippen molar-refractivity contribution < 1.29 is 8.42 Å². The molecular formula is C12H23NO2S. The maximum absolute atomic E-state index is 11.6. The van der Waals surface area contributed by atoms with Crippen molar-refractivity contribution in [3.63, 3.8) is 0 Å². The molecule has 94 valence electrons. The molecule has 0 heterocycles. The highest BCUT2D eigenvalue weighted by molar-refractivity contribution is 7.91. The van der Waals surface area contributed by atoms with Crippen molar-refractivity contribution in [3.05, 3.63) is 0 Å². The Morgan fingerprint density at radius 2 is 1.94 bits per heavy atom. The molecule has 0 saturated heterocycles. The van der Waals surface area contributed by atoms with Gasteiger partial charge in [0.25, 0.3) is 0 Å². The maximum Gasteiger partial charge on any atom is 0.151 e. The van der Waals surface area contributed by atoms with Gasteiger partial charge < -0.3 is 5.32 Å². The average molecular weight is 245 g/mol. The smallest absolute Gasteiger partial charge is 0.151 e. The van der Waals surface area contributed by atoms with E-state index < -0.39 is 9.84 Å². The van der Waals surface area contributed by atoms with Crippen molar-refractivity contribution in [2.75, 3.05) is 6.26 Å². The molecule has 0 aromatic rings. The van der Waals surface area contributed by atoms with E-state index >= 15 is 0 Å². The van der Waals surface area contributed by atoms with E-state index in [-0.39, 0.29) is 11.3 Å². The summed E-state index contributed by atoms with van der Waals surface area (Å²) >= 11 is 0. The molecule has 2 fully saturated rings. The first-order valence-corrected chi connectivity index (χ1v) is 8.37. The minimum absolute atomic E-state index is 0.144. The van der Waals surface area contributed by atoms with Gasteiger partial charge in [-0.3, -0.25) is 0 Å². The van der Waals surface area contributed by atoms with Gasteiger partial charge in [-0.05, 0) is 32.1 Å². The first-order chi connectivity index (χ1) is 7.47. The van der Waals surface area contributed by atoms with Crippen LogP contribution >= 0.6 is 0 Å². The van der Waals surface area contributed by atoms with Crippen LogP contribution in [0.1, 0.15) is 45.4 Å². The van der Waals surface area contributed by atoms with Gasteiger partial charge in [-0.2, -0.15) is 0 Å². The molecule has 16 heavy (non-hydrogen) atoms. The number of hydrogen-bond donors (Lipinski definition) is 1. The second kappa shape index (κ2) is 4.65. The molecule has 0 amide bonds. The number of sulfone groups is 1. The number of nitrogens with one attached hydrogen (secondary N) is 1. The van der Waals surface area contributed by atoms with Crippen LogP contribution in [0.5, 0.6) is 0 Å². The van der Waals surface area contributed by atoms with Gasteiger partial charge in [-0.1, -0.05) is 19.3 Å². The Morgan fingerprint density at radius 1 is 1.25 bits per heavy atom. The highest BCUT2D eigenvalue weighted by Gasteiger charge is 2.35. The zero-order valence-corrected chi connectivity index (χ0v) is 11.1. The molecule has 2 aliphatic carbocycles. The second-order valence-corrected chi connectivity index (χ2v) is 7.92. The fourth-order valence-electron chi connectivity index (χ4n) is 2.92. The van der Waals surface area contributed by atoms with Crippen molar-refractivity contribution in [2.45, 2.75) is 62.8 Å². The summed E-state index contributed by atoms with van der Waals surface area (Å²) in [5.41, 5.74) is 0. The van der Waals surface area contributed by atoms with E-state index in [9.17, 15) is 8.42 Å². The zero-order chi connectivity index (χ0) is 11.8. The van der Waals surface area contributed by atoms with Crippen molar-refractivity contribution in [2.24, 2.45) is 5.92 Å². The first kappa shape index (κ1) is 12.4. The molecule has 3 nitrogen and oxygen atoms in total. The molecule has 2 saturated carbocycles. The molecule has 3 unspecified atom stereocenters. The van der Waals surface area contributed by atoms with E-state index in [2.05, 4.69) is 12.2 Å². The molecule has 1 N–H and O–H groups in total. The van der Waals surface area contributed by atoms with Gasteiger partial charge in [0.15, 0.2) is 9.84 Å².